The molecule has 3 aromatic rings. The summed E-state index contributed by atoms with van der Waals surface area (Å²) in [5, 5.41) is 19.5. The van der Waals surface area contributed by atoms with Crippen LogP contribution < -0.4 is 16.2 Å². The molecule has 0 atom stereocenters. The molecule has 0 spiro atoms. The van der Waals surface area contributed by atoms with Crippen molar-refractivity contribution in [3.05, 3.63) is 81.6 Å². The third kappa shape index (κ3) is 4.44. The van der Waals surface area contributed by atoms with Gasteiger partial charge in [0.25, 0.3) is 5.56 Å². The zero-order valence-electron chi connectivity index (χ0n) is 17.8. The van der Waals surface area contributed by atoms with E-state index in [4.69, 9.17) is 5.73 Å². The van der Waals surface area contributed by atoms with Crippen LogP contribution >= 0.6 is 0 Å². The fourth-order valence-corrected chi connectivity index (χ4v) is 4.27. The number of pyridine rings is 1. The summed E-state index contributed by atoms with van der Waals surface area (Å²) < 4.78 is 0. The van der Waals surface area contributed by atoms with Crippen LogP contribution in [0.4, 0.5) is 11.5 Å². The molecule has 0 saturated carbocycles. The maximum Gasteiger partial charge on any atom is 0.342 e. The zero-order valence-corrected chi connectivity index (χ0v) is 17.8. The fraction of sp³-hybridized carbons (Fsp3) is 0.208. The van der Waals surface area contributed by atoms with Crippen LogP contribution in [0.3, 0.4) is 0 Å². The lowest BCUT2D eigenvalue weighted by molar-refractivity contribution is 0.0695. The Morgan fingerprint density at radius 2 is 1.48 bits per heavy atom. The Kier molecular flexibility index (Phi) is 6.14. The second-order valence-electron chi connectivity index (χ2n) is 7.87. The lowest BCUT2D eigenvalue weighted by Gasteiger charge is -2.37. The number of carbonyl (C=O) groups is 2. The van der Waals surface area contributed by atoms with Gasteiger partial charge in [0.05, 0.1) is 0 Å². The number of aromatic nitrogens is 1. The van der Waals surface area contributed by atoms with Crippen molar-refractivity contribution in [1.82, 2.24) is 9.88 Å². The van der Waals surface area contributed by atoms with Gasteiger partial charge in [-0.05, 0) is 11.6 Å². The van der Waals surface area contributed by atoms with Gasteiger partial charge in [0.15, 0.2) is 0 Å². The van der Waals surface area contributed by atoms with Crippen LogP contribution in [0.15, 0.2) is 59.4 Å². The highest BCUT2D eigenvalue weighted by atomic mass is 16.4. The molecule has 9 heteroatoms. The number of H-pyrrole nitrogens is 1. The minimum Gasteiger partial charge on any atom is -0.478 e. The van der Waals surface area contributed by atoms with Crippen LogP contribution in [-0.4, -0.2) is 58.2 Å². The van der Waals surface area contributed by atoms with Crippen molar-refractivity contribution in [1.29, 1.82) is 0 Å². The van der Waals surface area contributed by atoms with E-state index in [9.17, 15) is 24.6 Å². The van der Waals surface area contributed by atoms with Gasteiger partial charge in [-0.15, -0.1) is 0 Å². The molecule has 1 aliphatic rings. The number of hydrogen-bond acceptors (Lipinski definition) is 6. The number of nitrogen functional groups attached to an aromatic ring is 1. The number of hydrogen-bond donors (Lipinski definition) is 4. The number of benzene rings is 2. The average molecular weight is 448 g/mol. The van der Waals surface area contributed by atoms with Crippen molar-refractivity contribution in [3.63, 3.8) is 0 Å². The summed E-state index contributed by atoms with van der Waals surface area (Å²) >= 11 is 0. The van der Waals surface area contributed by atoms with E-state index in [1.807, 2.05) is 18.2 Å². The minimum atomic E-state index is -1.52. The lowest BCUT2D eigenvalue weighted by atomic mass is 9.93. The molecular weight excluding hydrogens is 424 g/mol. The number of nitrogens with one attached hydrogen (secondary N) is 1. The van der Waals surface area contributed by atoms with Gasteiger partial charge in [-0.3, -0.25) is 9.69 Å². The normalized spacial score (nSPS) is 14.2. The number of carboxylic acid groups (broad SMARTS) is 2. The quantitative estimate of drug-likeness (QED) is 0.451. The molecule has 1 aliphatic heterocycles. The number of anilines is 2. The first-order valence-electron chi connectivity index (χ1n) is 10.5. The number of aromatic carboxylic acids is 2. The van der Waals surface area contributed by atoms with Gasteiger partial charge in [0.2, 0.25) is 0 Å². The summed E-state index contributed by atoms with van der Waals surface area (Å²) in [5.41, 5.74) is 5.84. The average Bonchev–Trinajstić information content (AvgIpc) is 2.79. The lowest BCUT2D eigenvalue weighted by Crippen LogP contribution is -2.46. The Hall–Kier alpha value is -4.11. The highest BCUT2D eigenvalue weighted by Crippen LogP contribution is 2.36. The van der Waals surface area contributed by atoms with Gasteiger partial charge in [-0.1, -0.05) is 48.5 Å². The van der Waals surface area contributed by atoms with Gasteiger partial charge < -0.3 is 25.8 Å². The van der Waals surface area contributed by atoms with Crippen molar-refractivity contribution >= 4 is 23.4 Å². The van der Waals surface area contributed by atoms with Gasteiger partial charge >= 0.3 is 11.9 Å². The number of carboxylic acids is 2. The van der Waals surface area contributed by atoms with E-state index in [0.29, 0.717) is 24.3 Å². The number of aromatic amines is 1. The van der Waals surface area contributed by atoms with Crippen LogP contribution in [0, 0.1) is 0 Å². The molecule has 0 aliphatic carbocycles. The van der Waals surface area contributed by atoms with Crippen LogP contribution in [0.1, 0.15) is 26.3 Å². The number of nitrogens with two attached hydrogens (primary N) is 1. The van der Waals surface area contributed by atoms with Gasteiger partial charge in [-0.2, -0.15) is 0 Å². The largest absolute Gasteiger partial charge is 0.478 e. The SMILES string of the molecule is Nc1[nH]c(=O)c(C(=O)O)c(-c2ccccc2N2CCN(Cc3ccccc3)CC2)c1C(=O)O. The molecule has 0 bridgehead atoms. The van der Waals surface area contributed by atoms with E-state index in [1.165, 1.54) is 5.56 Å². The number of rotatable bonds is 6. The summed E-state index contributed by atoms with van der Waals surface area (Å²) in [7, 11) is 0. The molecule has 0 unspecified atom stereocenters. The number of nitrogens with zero attached hydrogens (tertiary/aromatic N) is 2. The van der Waals surface area contributed by atoms with Gasteiger partial charge in [0, 0.05) is 49.5 Å². The molecule has 0 amide bonds. The first-order chi connectivity index (χ1) is 15.9. The van der Waals surface area contributed by atoms with Crippen molar-refractivity contribution in [2.75, 3.05) is 36.8 Å². The van der Waals surface area contributed by atoms with E-state index in [-0.39, 0.29) is 11.4 Å². The van der Waals surface area contributed by atoms with Crippen LogP contribution in [0.2, 0.25) is 0 Å². The molecular formula is C24H24N4O5. The molecule has 33 heavy (non-hydrogen) atoms. The summed E-state index contributed by atoms with van der Waals surface area (Å²) in [6.07, 6.45) is 0. The molecule has 5 N–H and O–H groups in total. The smallest absolute Gasteiger partial charge is 0.342 e. The van der Waals surface area contributed by atoms with Crippen molar-refractivity contribution < 1.29 is 19.8 Å². The second kappa shape index (κ2) is 9.17. The topological polar surface area (TPSA) is 140 Å². The maximum atomic E-state index is 12.4. The molecule has 4 rings (SSSR count). The Morgan fingerprint density at radius 1 is 0.879 bits per heavy atom. The third-order valence-electron chi connectivity index (χ3n) is 5.81. The Labute approximate surface area is 189 Å². The molecule has 1 fully saturated rings. The third-order valence-corrected chi connectivity index (χ3v) is 5.81. The van der Waals surface area contributed by atoms with Crippen molar-refractivity contribution in [3.8, 4) is 11.1 Å². The monoisotopic (exact) mass is 448 g/mol. The highest BCUT2D eigenvalue weighted by molar-refractivity contribution is 6.08. The highest BCUT2D eigenvalue weighted by Gasteiger charge is 2.29. The van der Waals surface area contributed by atoms with Gasteiger partial charge in [0.1, 0.15) is 16.9 Å². The van der Waals surface area contributed by atoms with E-state index < -0.39 is 28.6 Å². The molecule has 2 heterocycles. The van der Waals surface area contributed by atoms with Crippen LogP contribution in [0.25, 0.3) is 11.1 Å². The summed E-state index contributed by atoms with van der Waals surface area (Å²) in [5.74, 6) is -3.31. The predicted octanol–water partition coefficient (Wildman–Crippen LogP) is 2.34. The van der Waals surface area contributed by atoms with Crippen LogP contribution in [-0.2, 0) is 6.54 Å². The minimum absolute atomic E-state index is 0.182. The van der Waals surface area contributed by atoms with Gasteiger partial charge in [-0.25, -0.2) is 9.59 Å². The van der Waals surface area contributed by atoms with Crippen molar-refractivity contribution in [2.45, 2.75) is 6.54 Å². The first kappa shape index (κ1) is 22.1. The predicted molar refractivity (Wildman–Crippen MR) is 125 cm³/mol. The first-order valence-corrected chi connectivity index (χ1v) is 10.5. The molecule has 170 valence electrons. The number of para-hydroxylation sites is 1. The van der Waals surface area contributed by atoms with Crippen LogP contribution in [0.5, 0.6) is 0 Å². The molecule has 1 saturated heterocycles. The summed E-state index contributed by atoms with van der Waals surface area (Å²) in [6, 6.07) is 17.1. The van der Waals surface area contributed by atoms with E-state index in [0.717, 1.165) is 19.6 Å². The zero-order chi connectivity index (χ0) is 23.5. The molecule has 2 aromatic carbocycles. The van der Waals surface area contributed by atoms with E-state index in [1.54, 1.807) is 24.3 Å². The molecule has 0 radical (unpaired) electrons. The Balaban J connectivity index is 1.71. The summed E-state index contributed by atoms with van der Waals surface area (Å²) in [6.45, 7) is 3.70. The maximum absolute atomic E-state index is 12.4. The molecule has 9 nitrogen and oxygen atoms in total. The standard InChI is InChI=1S/C24H24N4O5/c25-21-19(23(30)31)18(20(24(32)33)22(29)26-21)16-8-4-5-9-17(16)28-12-10-27(11-13-28)14-15-6-2-1-3-7-15/h1-9H,10-14H2,(H,30,31)(H,32,33)(H3,25,26,29). The fourth-order valence-electron chi connectivity index (χ4n) is 4.27. The van der Waals surface area contributed by atoms with E-state index in [2.05, 4.69) is 26.9 Å². The molecule has 1 aromatic heterocycles. The summed E-state index contributed by atoms with van der Waals surface area (Å²) in [4.78, 5) is 42.9. The second-order valence-corrected chi connectivity index (χ2v) is 7.87. The van der Waals surface area contributed by atoms with E-state index >= 15 is 0 Å². The van der Waals surface area contributed by atoms with Crippen molar-refractivity contribution in [2.24, 2.45) is 0 Å². The number of piperazine rings is 1. The Morgan fingerprint density at radius 3 is 2.12 bits per heavy atom. The Bertz CT molecular complexity index is 1250.